The van der Waals surface area contributed by atoms with Gasteiger partial charge in [-0.3, -0.25) is 28.4 Å². The normalized spacial score (nSPS) is 12.6. The molecule has 25 nitrogen and oxygen atoms in total. The van der Waals surface area contributed by atoms with E-state index in [4.69, 9.17) is 29.6 Å². The molecule has 26 heteroatoms. The van der Waals surface area contributed by atoms with E-state index in [0.717, 1.165) is 93.2 Å². The number of aliphatic hydroxyl groups excluding tert-OH is 1. The quantitative estimate of drug-likeness (QED) is 0.0400. The van der Waals surface area contributed by atoms with Gasteiger partial charge in [-0.15, -0.1) is 0 Å². The molecule has 0 spiro atoms. The predicted octanol–water partition coefficient (Wildman–Crippen LogP) is 2.90. The number of nitrogens with two attached hydrogens (primary N) is 1. The molecule has 0 atom stereocenters. The van der Waals surface area contributed by atoms with Crippen LogP contribution in [0.25, 0.3) is 32.7 Å². The van der Waals surface area contributed by atoms with Crippen LogP contribution in [0.3, 0.4) is 0 Å². The number of nitrogens with zero attached hydrogens (tertiary/aromatic N) is 8. The summed E-state index contributed by atoms with van der Waals surface area (Å²) in [6.07, 6.45) is 6.32. The number of ether oxygens (including phenoxy) is 3. The van der Waals surface area contributed by atoms with Crippen LogP contribution in [0.2, 0.25) is 0 Å². The maximum Gasteiger partial charge on any atom is 1.00 e. The number of rotatable bonds is 12. The van der Waals surface area contributed by atoms with Gasteiger partial charge in [0.2, 0.25) is 11.8 Å². The van der Waals surface area contributed by atoms with Gasteiger partial charge in [0.25, 0.3) is 0 Å². The zero-order chi connectivity index (χ0) is 59.4. The number of carboxylic acids is 1. The fraction of sp³-hybridized carbons (Fsp3) is 0.339. The van der Waals surface area contributed by atoms with Gasteiger partial charge in [0.15, 0.2) is 17.1 Å². The van der Waals surface area contributed by atoms with Gasteiger partial charge in [-0.25, -0.2) is 14.4 Å². The predicted molar refractivity (Wildman–Crippen MR) is 313 cm³/mol. The summed E-state index contributed by atoms with van der Waals surface area (Å²) in [5, 5.41) is 42.5. The Labute approximate surface area is 533 Å². The number of carbonyl (C=O) groups excluding carboxylic acids is 5. The van der Waals surface area contributed by atoms with E-state index in [9.17, 15) is 28.8 Å². The van der Waals surface area contributed by atoms with E-state index < -0.39 is 17.9 Å². The molecular formula is C59H72KN13O12. The molecule has 0 unspecified atom stereocenters. The van der Waals surface area contributed by atoms with E-state index in [0.29, 0.717) is 89.0 Å². The summed E-state index contributed by atoms with van der Waals surface area (Å²) in [6.45, 7) is 12.0. The summed E-state index contributed by atoms with van der Waals surface area (Å²) in [7, 11) is 1.00. The van der Waals surface area contributed by atoms with Crippen molar-refractivity contribution in [3.63, 3.8) is 0 Å². The molecule has 8 N–H and O–H groups in total. The van der Waals surface area contributed by atoms with E-state index in [2.05, 4.69) is 41.5 Å². The average Bonchev–Trinajstić information content (AvgIpc) is 4.08. The molecule has 9 heterocycles. The largest absolute Gasteiger partial charge is 1.00 e. The minimum Gasteiger partial charge on any atom is -0.790 e. The molecule has 0 saturated carbocycles. The molecule has 3 aliphatic rings. The number of nitrogens with one attached hydrogen (secondary N) is 4. The van der Waals surface area contributed by atoms with Crippen LogP contribution < -0.4 is 62.6 Å². The van der Waals surface area contributed by atoms with Crippen molar-refractivity contribution in [2.75, 3.05) is 46.6 Å². The Balaban J connectivity index is 0.000000210. The molecule has 12 rings (SSSR count). The summed E-state index contributed by atoms with van der Waals surface area (Å²) < 4.78 is 20.3. The Kier molecular flexibility index (Phi) is 26.9. The second kappa shape index (κ2) is 33.6. The van der Waals surface area contributed by atoms with Crippen LogP contribution in [0.5, 0.6) is 0 Å². The van der Waals surface area contributed by atoms with E-state index in [1.807, 2.05) is 99.7 Å². The zero-order valence-electron chi connectivity index (χ0n) is 47.6. The number of aliphatic carboxylic acids is 1. The first-order chi connectivity index (χ1) is 40.4. The monoisotopic (exact) mass is 1190 g/mol. The van der Waals surface area contributed by atoms with Gasteiger partial charge in [0.1, 0.15) is 0 Å². The van der Waals surface area contributed by atoms with Crippen LogP contribution in [-0.2, 0) is 87.1 Å². The van der Waals surface area contributed by atoms with Gasteiger partial charge >= 0.3 is 75.3 Å². The minimum absolute atomic E-state index is 0. The first-order valence-corrected chi connectivity index (χ1v) is 26.9. The van der Waals surface area contributed by atoms with Crippen molar-refractivity contribution in [2.24, 2.45) is 5.90 Å². The van der Waals surface area contributed by atoms with Crippen LogP contribution >= 0.6 is 0 Å². The van der Waals surface area contributed by atoms with Gasteiger partial charge in [-0.1, -0.05) is 62.0 Å². The fourth-order valence-electron chi connectivity index (χ4n) is 9.61. The van der Waals surface area contributed by atoms with E-state index in [1.165, 1.54) is 0 Å². The topological polar surface area (TPSA) is 339 Å². The summed E-state index contributed by atoms with van der Waals surface area (Å²) in [5.74, 6) is 1.40. The summed E-state index contributed by atoms with van der Waals surface area (Å²) in [6, 6.07) is 28.8. The molecule has 0 bridgehead atoms. The van der Waals surface area contributed by atoms with Gasteiger partial charge in [0.05, 0.1) is 88.9 Å². The van der Waals surface area contributed by atoms with Crippen molar-refractivity contribution >= 4 is 68.4 Å². The van der Waals surface area contributed by atoms with Crippen molar-refractivity contribution in [1.82, 2.24) is 59.4 Å². The molecule has 3 aromatic carbocycles. The van der Waals surface area contributed by atoms with Gasteiger partial charge < -0.3 is 65.6 Å². The first-order valence-electron chi connectivity index (χ1n) is 26.9. The maximum absolute atomic E-state index is 12.8. The second-order valence-corrected chi connectivity index (χ2v) is 18.7. The van der Waals surface area contributed by atoms with Crippen LogP contribution in [0.4, 0.5) is 0 Å². The average molecular weight is 1190 g/mol. The Morgan fingerprint density at radius 1 is 0.529 bits per heavy atom. The van der Waals surface area contributed by atoms with Crippen LogP contribution in [0.15, 0.2) is 110 Å². The smallest absolute Gasteiger partial charge is 0.790 e. The van der Waals surface area contributed by atoms with Gasteiger partial charge in [-0.05, 0) is 73.9 Å². The number of amides is 2. The van der Waals surface area contributed by atoms with Crippen molar-refractivity contribution in [2.45, 2.75) is 86.7 Å². The Morgan fingerprint density at radius 3 is 1.22 bits per heavy atom. The molecule has 0 saturated heterocycles. The van der Waals surface area contributed by atoms with Crippen molar-refractivity contribution in [1.29, 1.82) is 0 Å². The van der Waals surface area contributed by atoms with Crippen LogP contribution in [0, 0.1) is 5.21 Å². The second-order valence-electron chi connectivity index (χ2n) is 18.7. The minimum atomic E-state index is -0.801. The van der Waals surface area contributed by atoms with E-state index in [1.54, 1.807) is 54.5 Å². The Hall–Kier alpha value is -7.79. The number of hydrogen-bond acceptors (Lipinski definition) is 16. The van der Waals surface area contributed by atoms with Crippen molar-refractivity contribution in [3.05, 3.63) is 166 Å². The third-order valence-corrected chi connectivity index (χ3v) is 13.5. The van der Waals surface area contributed by atoms with Crippen molar-refractivity contribution in [3.8, 4) is 0 Å². The molecule has 2 amide bonds. The standard InChI is InChI=1S/2C19H20N4O3.C10H9NO2.C9H13N3O2.CH4O.CH4.K.H2NO/c2*1-2-26-19(25)17-10-14-12-22(7-8-23(14)21-17)18(24)9-13-11-20-16-6-4-3-5-15(13)16;12-10(13)5-7-6-11-9-4-2-1-3-8(7)9;1-2-14-9(13)8-5-7-6-10-3-4-12(7)11-8;1-2;;;1-2/h2*3-6,10-11,20H,2,7-9,12H2,1H3;1-4,6,11H,5H2,(H,12,13);5,10H,2-4,6H2,1H3;2H,1H3;1H4;;1H2/q;;;;;;+1;-1. The molecule has 0 aliphatic carbocycles. The maximum atomic E-state index is 12.8. The SMILES string of the molecule is C.CCOC(=O)c1cc2n(n1)CCN(C(=O)Cc1c[nH]c3ccccc13)C2.CCOC(=O)c1cc2n(n1)CCN(C(=O)Cc1c[nH]c3ccccc13)C2.CCOC(=O)c1cc2n(n1)CCNC2.CO.N[O-].O=C(O)Cc1c[nH]c2ccccc12.[K+]. The third kappa shape index (κ3) is 17.6. The summed E-state index contributed by atoms with van der Waals surface area (Å²) >= 11 is 0. The molecule has 3 aliphatic heterocycles. The number of benzene rings is 3. The fourth-order valence-corrected chi connectivity index (χ4v) is 9.61. The Bertz CT molecular complexity index is 3470. The van der Waals surface area contributed by atoms with E-state index in [-0.39, 0.29) is 83.0 Å². The molecule has 446 valence electrons. The van der Waals surface area contributed by atoms with Crippen molar-refractivity contribution < 1.29 is 105 Å². The molecular weight excluding hydrogens is 1120 g/mol. The first kappa shape index (κ1) is 68.0. The van der Waals surface area contributed by atoms with Gasteiger partial charge in [0, 0.05) is 84.6 Å². The van der Waals surface area contributed by atoms with Crippen LogP contribution in [-0.4, -0.2) is 147 Å². The molecule has 9 aromatic rings. The third-order valence-electron chi connectivity index (χ3n) is 13.5. The number of aromatic amines is 3. The number of H-pyrrole nitrogens is 3. The Morgan fingerprint density at radius 2 is 0.871 bits per heavy atom. The molecule has 0 radical (unpaired) electrons. The number of fused-ring (bicyclic) bond motifs is 6. The van der Waals surface area contributed by atoms with Gasteiger partial charge in [-0.2, -0.15) is 15.3 Å². The number of aromatic nitrogens is 9. The summed E-state index contributed by atoms with van der Waals surface area (Å²) in [5.41, 5.74) is 9.64. The number of carboxylic acid groups (broad SMARTS) is 1. The number of carbonyl (C=O) groups is 6. The molecule has 0 fully saturated rings. The molecule has 6 aromatic heterocycles. The number of hydrogen-bond donors (Lipinski definition) is 7. The number of aliphatic hydroxyl groups is 1. The summed E-state index contributed by atoms with van der Waals surface area (Å²) in [4.78, 5) is 84.1. The number of para-hydroxylation sites is 3. The zero-order valence-corrected chi connectivity index (χ0v) is 50.8. The molecule has 85 heavy (non-hydrogen) atoms. The van der Waals surface area contributed by atoms with Crippen LogP contribution in [0.1, 0.15) is 93.4 Å². The number of esters is 3. The van der Waals surface area contributed by atoms with E-state index >= 15 is 0 Å².